The average molecular weight is 381 g/mol. The van der Waals surface area contributed by atoms with E-state index >= 15 is 0 Å². The van der Waals surface area contributed by atoms with Crippen molar-refractivity contribution in [2.45, 2.75) is 51.1 Å². The quantitative estimate of drug-likeness (QED) is 0.748. The summed E-state index contributed by atoms with van der Waals surface area (Å²) in [6.45, 7) is 2.85. The predicted molar refractivity (Wildman–Crippen MR) is 103 cm³/mol. The number of hydrogen-bond donors (Lipinski definition) is 1. The average Bonchev–Trinajstić information content (AvgIpc) is 3.44. The molecule has 1 atom stereocenters. The molecule has 1 saturated carbocycles. The SMILES string of the molecule is COc1cc(Cl)cc(CN2CCC[C@@H](CCC(=O)NC3CC3)C2)c1OC. The maximum absolute atomic E-state index is 11.9. The Bertz CT molecular complexity index is 634. The number of likely N-dealkylation sites (tertiary alicyclic amines) is 1. The van der Waals surface area contributed by atoms with Crippen LogP contribution >= 0.6 is 11.6 Å². The van der Waals surface area contributed by atoms with Crippen molar-refractivity contribution in [2.24, 2.45) is 5.92 Å². The lowest BCUT2D eigenvalue weighted by Gasteiger charge is -2.33. The Kier molecular flexibility index (Phi) is 6.65. The van der Waals surface area contributed by atoms with Gasteiger partial charge in [-0.15, -0.1) is 0 Å². The van der Waals surface area contributed by atoms with Gasteiger partial charge < -0.3 is 14.8 Å². The zero-order valence-corrected chi connectivity index (χ0v) is 16.5. The van der Waals surface area contributed by atoms with Gasteiger partial charge in [-0.05, 0) is 50.6 Å². The second kappa shape index (κ2) is 8.96. The van der Waals surface area contributed by atoms with E-state index in [1.165, 1.54) is 6.42 Å². The van der Waals surface area contributed by atoms with Crippen molar-refractivity contribution in [2.75, 3.05) is 27.3 Å². The molecule has 1 aliphatic heterocycles. The molecule has 5 nitrogen and oxygen atoms in total. The fourth-order valence-corrected chi connectivity index (χ4v) is 3.99. The van der Waals surface area contributed by atoms with E-state index < -0.39 is 0 Å². The highest BCUT2D eigenvalue weighted by Gasteiger charge is 2.25. The van der Waals surface area contributed by atoms with Gasteiger partial charge in [-0.25, -0.2) is 0 Å². The first-order valence-corrected chi connectivity index (χ1v) is 9.89. The minimum atomic E-state index is 0.214. The van der Waals surface area contributed by atoms with Gasteiger partial charge in [0.1, 0.15) is 0 Å². The fraction of sp³-hybridized carbons (Fsp3) is 0.650. The zero-order chi connectivity index (χ0) is 18.5. The summed E-state index contributed by atoms with van der Waals surface area (Å²) in [6, 6.07) is 4.19. The van der Waals surface area contributed by atoms with Gasteiger partial charge in [0.15, 0.2) is 11.5 Å². The van der Waals surface area contributed by atoms with Crippen LogP contribution in [0.2, 0.25) is 5.02 Å². The Balaban J connectivity index is 1.56. The van der Waals surface area contributed by atoms with Crippen molar-refractivity contribution in [3.63, 3.8) is 0 Å². The Morgan fingerprint density at radius 3 is 2.77 bits per heavy atom. The molecule has 6 heteroatoms. The van der Waals surface area contributed by atoms with E-state index in [0.29, 0.717) is 29.2 Å². The van der Waals surface area contributed by atoms with Crippen molar-refractivity contribution >= 4 is 17.5 Å². The van der Waals surface area contributed by atoms with Crippen LogP contribution in [0.1, 0.15) is 44.1 Å². The van der Waals surface area contributed by atoms with Gasteiger partial charge in [-0.1, -0.05) is 11.6 Å². The molecule has 1 saturated heterocycles. The largest absolute Gasteiger partial charge is 0.493 e. The standard InChI is InChI=1S/C20H29ClN2O3/c1-25-18-11-16(21)10-15(20(18)26-2)13-23-9-3-4-14(12-23)5-8-19(24)22-17-6-7-17/h10-11,14,17H,3-9,12-13H2,1-2H3,(H,22,24)/t14-/m0/s1. The smallest absolute Gasteiger partial charge is 0.220 e. The van der Waals surface area contributed by atoms with Crippen LogP contribution in [0.3, 0.4) is 0 Å². The molecule has 1 aliphatic carbocycles. The van der Waals surface area contributed by atoms with Crippen molar-refractivity contribution in [3.8, 4) is 11.5 Å². The van der Waals surface area contributed by atoms with E-state index in [-0.39, 0.29) is 5.91 Å². The summed E-state index contributed by atoms with van der Waals surface area (Å²) in [7, 11) is 3.29. The minimum absolute atomic E-state index is 0.214. The molecule has 1 heterocycles. The highest BCUT2D eigenvalue weighted by atomic mass is 35.5. The summed E-state index contributed by atoms with van der Waals surface area (Å²) in [5, 5.41) is 3.74. The molecule has 0 aromatic heterocycles. The molecule has 1 aromatic carbocycles. The van der Waals surface area contributed by atoms with Gasteiger partial charge in [0, 0.05) is 42.2 Å². The van der Waals surface area contributed by atoms with Crippen molar-refractivity contribution < 1.29 is 14.3 Å². The number of halogens is 1. The number of carbonyl (C=O) groups is 1. The fourth-order valence-electron chi connectivity index (χ4n) is 3.76. The molecule has 0 radical (unpaired) electrons. The molecule has 144 valence electrons. The molecule has 0 spiro atoms. The number of hydrogen-bond acceptors (Lipinski definition) is 4. The third kappa shape index (κ3) is 5.27. The number of nitrogens with one attached hydrogen (secondary N) is 1. The number of amides is 1. The van der Waals surface area contributed by atoms with Crippen LogP contribution in [0.4, 0.5) is 0 Å². The summed E-state index contributed by atoms with van der Waals surface area (Å²) in [6.07, 6.45) is 6.26. The van der Waals surface area contributed by atoms with Crippen LogP contribution in [0.5, 0.6) is 11.5 Å². The molecule has 0 unspecified atom stereocenters. The highest BCUT2D eigenvalue weighted by Crippen LogP contribution is 2.36. The maximum Gasteiger partial charge on any atom is 0.220 e. The molecule has 0 bridgehead atoms. The number of carbonyl (C=O) groups excluding carboxylic acids is 1. The second-order valence-corrected chi connectivity index (χ2v) is 7.86. The third-order valence-corrected chi connectivity index (χ3v) is 5.46. The second-order valence-electron chi connectivity index (χ2n) is 7.42. The maximum atomic E-state index is 11.9. The lowest BCUT2D eigenvalue weighted by Crippen LogP contribution is -2.35. The minimum Gasteiger partial charge on any atom is -0.493 e. The Morgan fingerprint density at radius 2 is 2.08 bits per heavy atom. The normalized spacial score (nSPS) is 20.7. The van der Waals surface area contributed by atoms with E-state index in [9.17, 15) is 4.79 Å². The number of rotatable bonds is 8. The first-order valence-electron chi connectivity index (χ1n) is 9.51. The van der Waals surface area contributed by atoms with Crippen molar-refractivity contribution in [1.82, 2.24) is 10.2 Å². The van der Waals surface area contributed by atoms with E-state index in [0.717, 1.165) is 56.6 Å². The zero-order valence-electron chi connectivity index (χ0n) is 15.7. The van der Waals surface area contributed by atoms with Gasteiger partial charge in [-0.2, -0.15) is 0 Å². The molecule has 2 aliphatic rings. The molecule has 1 amide bonds. The molecule has 1 N–H and O–H groups in total. The topological polar surface area (TPSA) is 50.8 Å². The van der Waals surface area contributed by atoms with Gasteiger partial charge in [0.2, 0.25) is 5.91 Å². The number of methoxy groups -OCH3 is 2. The molecular formula is C20H29ClN2O3. The van der Waals surface area contributed by atoms with E-state index in [1.807, 2.05) is 6.07 Å². The molecular weight excluding hydrogens is 352 g/mol. The lowest BCUT2D eigenvalue weighted by molar-refractivity contribution is -0.121. The van der Waals surface area contributed by atoms with Crippen LogP contribution in [-0.4, -0.2) is 44.2 Å². The van der Waals surface area contributed by atoms with Gasteiger partial charge >= 0.3 is 0 Å². The Hall–Kier alpha value is -1.46. The number of ether oxygens (including phenoxy) is 2. The van der Waals surface area contributed by atoms with Crippen LogP contribution in [0.15, 0.2) is 12.1 Å². The summed E-state index contributed by atoms with van der Waals surface area (Å²) in [5.74, 6) is 2.20. The van der Waals surface area contributed by atoms with E-state index in [2.05, 4.69) is 10.2 Å². The predicted octanol–water partition coefficient (Wildman–Crippen LogP) is 3.63. The monoisotopic (exact) mass is 380 g/mol. The van der Waals surface area contributed by atoms with Gasteiger partial charge in [0.25, 0.3) is 0 Å². The summed E-state index contributed by atoms with van der Waals surface area (Å²) < 4.78 is 10.9. The van der Waals surface area contributed by atoms with Crippen molar-refractivity contribution in [1.29, 1.82) is 0 Å². The number of piperidine rings is 1. The third-order valence-electron chi connectivity index (χ3n) is 5.24. The Labute approximate surface area is 161 Å². The summed E-state index contributed by atoms with van der Waals surface area (Å²) in [4.78, 5) is 14.4. The van der Waals surface area contributed by atoms with Crippen LogP contribution < -0.4 is 14.8 Å². The lowest BCUT2D eigenvalue weighted by atomic mass is 9.93. The van der Waals surface area contributed by atoms with E-state index in [4.69, 9.17) is 21.1 Å². The summed E-state index contributed by atoms with van der Waals surface area (Å²) in [5.41, 5.74) is 1.05. The number of benzene rings is 1. The summed E-state index contributed by atoms with van der Waals surface area (Å²) >= 11 is 6.24. The Morgan fingerprint density at radius 1 is 1.27 bits per heavy atom. The van der Waals surface area contributed by atoms with Crippen LogP contribution in [-0.2, 0) is 11.3 Å². The number of nitrogens with zero attached hydrogens (tertiary/aromatic N) is 1. The van der Waals surface area contributed by atoms with Crippen LogP contribution in [0.25, 0.3) is 0 Å². The van der Waals surface area contributed by atoms with Crippen molar-refractivity contribution in [3.05, 3.63) is 22.7 Å². The van der Waals surface area contributed by atoms with Crippen LogP contribution in [0, 0.1) is 5.92 Å². The molecule has 26 heavy (non-hydrogen) atoms. The first-order chi connectivity index (χ1) is 12.6. The highest BCUT2D eigenvalue weighted by molar-refractivity contribution is 6.30. The molecule has 2 fully saturated rings. The molecule has 1 aromatic rings. The molecule has 3 rings (SSSR count). The van der Waals surface area contributed by atoms with Gasteiger partial charge in [0.05, 0.1) is 14.2 Å². The first kappa shape index (κ1) is 19.3. The van der Waals surface area contributed by atoms with E-state index in [1.54, 1.807) is 20.3 Å². The van der Waals surface area contributed by atoms with Gasteiger partial charge in [-0.3, -0.25) is 9.69 Å².